The van der Waals surface area contributed by atoms with Gasteiger partial charge < -0.3 is 4.48 Å². The van der Waals surface area contributed by atoms with Gasteiger partial charge in [-0.25, -0.2) is 4.58 Å². The zero-order chi connectivity index (χ0) is 11.6. The summed E-state index contributed by atoms with van der Waals surface area (Å²) in [5, 5.41) is 0. The van der Waals surface area contributed by atoms with Crippen LogP contribution in [-0.2, 0) is 0 Å². The molecule has 1 unspecified atom stereocenters. The molecule has 2 rings (SSSR count). The Labute approximate surface area is 99.9 Å². The lowest BCUT2D eigenvalue weighted by molar-refractivity contribution is -0.923. The number of hydrogen-bond acceptors (Lipinski definition) is 0. The minimum absolute atomic E-state index is 0.761. The van der Waals surface area contributed by atoms with E-state index in [4.69, 9.17) is 0 Å². The smallest absolute Gasteiger partial charge is 0.163 e. The summed E-state index contributed by atoms with van der Waals surface area (Å²) in [7, 11) is 2.44. The Bertz CT molecular complexity index is 306. The van der Waals surface area contributed by atoms with Crippen LogP contribution in [0.2, 0.25) is 0 Å². The number of hydrogen-bond donors (Lipinski definition) is 0. The van der Waals surface area contributed by atoms with Crippen molar-refractivity contribution in [1.82, 2.24) is 0 Å². The fourth-order valence-electron chi connectivity index (χ4n) is 3.40. The van der Waals surface area contributed by atoms with E-state index in [-0.39, 0.29) is 0 Å². The average molecular weight is 222 g/mol. The van der Waals surface area contributed by atoms with E-state index in [2.05, 4.69) is 43.8 Å². The zero-order valence-corrected chi connectivity index (χ0v) is 11.0. The second-order valence-corrected chi connectivity index (χ2v) is 5.51. The van der Waals surface area contributed by atoms with Gasteiger partial charge in [0.2, 0.25) is 0 Å². The predicted octanol–water partition coefficient (Wildman–Crippen LogP) is 1.90. The molecule has 2 aliphatic heterocycles. The van der Waals surface area contributed by atoms with Crippen LogP contribution >= 0.6 is 0 Å². The normalized spacial score (nSPS) is 38.8. The van der Waals surface area contributed by atoms with Crippen molar-refractivity contribution in [2.45, 2.75) is 32.7 Å². The monoisotopic (exact) mass is 222 g/mol. The van der Waals surface area contributed by atoms with Crippen LogP contribution in [0.25, 0.3) is 0 Å². The van der Waals surface area contributed by atoms with Crippen LogP contribution in [0.4, 0.5) is 0 Å². The highest BCUT2D eigenvalue weighted by atomic mass is 15.4. The Balaban J connectivity index is 2.09. The molecule has 0 N–H and O–H groups in total. The van der Waals surface area contributed by atoms with Crippen LogP contribution in [-0.4, -0.2) is 54.5 Å². The molecule has 2 heteroatoms. The predicted molar refractivity (Wildman–Crippen MR) is 69.0 cm³/mol. The molecular weight excluding hydrogens is 196 g/mol. The second-order valence-electron chi connectivity index (χ2n) is 5.51. The maximum atomic E-state index is 2.45. The summed E-state index contributed by atoms with van der Waals surface area (Å²) in [5.41, 5.74) is 0. The minimum Gasteiger partial charge on any atom is -0.323 e. The van der Waals surface area contributed by atoms with Gasteiger partial charge in [0.1, 0.15) is 12.6 Å². The van der Waals surface area contributed by atoms with Gasteiger partial charge in [-0.1, -0.05) is 6.08 Å². The number of likely N-dealkylation sites (tertiary alicyclic amines) is 1. The van der Waals surface area contributed by atoms with Crippen LogP contribution in [0.5, 0.6) is 0 Å². The average Bonchev–Trinajstić information content (AvgIpc) is 2.72. The molecule has 0 spiro atoms. The quantitative estimate of drug-likeness (QED) is 0.507. The van der Waals surface area contributed by atoms with Gasteiger partial charge in [-0.05, 0) is 19.9 Å². The van der Waals surface area contributed by atoms with Crippen LogP contribution in [0.3, 0.4) is 0 Å². The van der Waals surface area contributed by atoms with Crippen LogP contribution in [0.15, 0.2) is 12.2 Å². The van der Waals surface area contributed by atoms with Crippen LogP contribution in [0.1, 0.15) is 26.7 Å². The van der Waals surface area contributed by atoms with Gasteiger partial charge in [-0.2, -0.15) is 0 Å². The molecular formula is C14H26N2+2. The van der Waals surface area contributed by atoms with E-state index < -0.39 is 0 Å². The van der Waals surface area contributed by atoms with Crippen molar-refractivity contribution in [1.29, 1.82) is 0 Å². The standard InChI is InChI=1S/C14H26N2/c1-4-15-10-6-8-13(12-15)14-9-7-11-16(14,3)5-2/h6,8,10,13-14H,4-5,7,9,11-12H2,1-3H3/q+2/t13-,14?,16-/m0/s1. The Morgan fingerprint density at radius 1 is 1.38 bits per heavy atom. The van der Waals surface area contributed by atoms with Crippen molar-refractivity contribution in [2.75, 3.05) is 33.2 Å². The number of rotatable bonds is 3. The first-order valence-corrected chi connectivity index (χ1v) is 6.79. The van der Waals surface area contributed by atoms with Crippen molar-refractivity contribution in [3.63, 3.8) is 0 Å². The molecule has 0 aromatic heterocycles. The lowest BCUT2D eigenvalue weighted by atomic mass is 9.94. The van der Waals surface area contributed by atoms with Gasteiger partial charge in [0.15, 0.2) is 12.8 Å². The molecule has 0 aliphatic carbocycles. The summed E-state index contributed by atoms with van der Waals surface area (Å²) in [6.07, 6.45) is 9.76. The third-order valence-electron chi connectivity index (χ3n) is 4.69. The molecule has 3 atom stereocenters. The molecule has 0 aromatic carbocycles. The first-order chi connectivity index (χ1) is 7.69. The summed E-state index contributed by atoms with van der Waals surface area (Å²) in [6, 6.07) is 0.851. The highest BCUT2D eigenvalue weighted by Crippen LogP contribution is 2.31. The molecule has 1 saturated heterocycles. The maximum Gasteiger partial charge on any atom is 0.163 e. The number of nitrogens with zero attached hydrogens (tertiary/aromatic N) is 2. The highest BCUT2D eigenvalue weighted by molar-refractivity contribution is 5.66. The summed E-state index contributed by atoms with van der Waals surface area (Å²) < 4.78 is 3.73. The SMILES string of the molecule is CC[N+]1=CC=C[C@H](C2CCC[N@+]2(C)CC)C1. The fraction of sp³-hybridized carbons (Fsp3) is 0.786. The van der Waals surface area contributed by atoms with E-state index in [1.807, 2.05) is 0 Å². The van der Waals surface area contributed by atoms with E-state index in [1.54, 1.807) is 0 Å². The molecule has 0 amide bonds. The van der Waals surface area contributed by atoms with E-state index in [0.717, 1.165) is 18.5 Å². The Morgan fingerprint density at radius 3 is 2.88 bits per heavy atom. The van der Waals surface area contributed by atoms with Crippen molar-refractivity contribution in [3.05, 3.63) is 12.2 Å². The van der Waals surface area contributed by atoms with E-state index in [1.165, 1.54) is 37.0 Å². The van der Waals surface area contributed by atoms with Gasteiger partial charge in [0, 0.05) is 12.8 Å². The lowest BCUT2D eigenvalue weighted by Crippen LogP contribution is -2.52. The van der Waals surface area contributed by atoms with Crippen molar-refractivity contribution >= 4 is 6.21 Å². The van der Waals surface area contributed by atoms with Gasteiger partial charge >= 0.3 is 0 Å². The Hall–Kier alpha value is -0.630. The molecule has 90 valence electrons. The number of allylic oxidation sites excluding steroid dienone is 1. The molecule has 0 saturated carbocycles. The molecule has 0 bridgehead atoms. The molecule has 0 radical (unpaired) electrons. The lowest BCUT2D eigenvalue weighted by Gasteiger charge is -2.38. The van der Waals surface area contributed by atoms with E-state index in [9.17, 15) is 0 Å². The van der Waals surface area contributed by atoms with Gasteiger partial charge in [0.25, 0.3) is 0 Å². The van der Waals surface area contributed by atoms with E-state index in [0.29, 0.717) is 0 Å². The highest BCUT2D eigenvalue weighted by Gasteiger charge is 2.42. The molecule has 2 nitrogen and oxygen atoms in total. The molecule has 0 aromatic rings. The first-order valence-electron chi connectivity index (χ1n) is 6.79. The Kier molecular flexibility index (Phi) is 3.48. The summed E-state index contributed by atoms with van der Waals surface area (Å²) >= 11 is 0. The zero-order valence-electron chi connectivity index (χ0n) is 11.0. The third kappa shape index (κ3) is 2.08. The fourth-order valence-corrected chi connectivity index (χ4v) is 3.40. The van der Waals surface area contributed by atoms with Crippen molar-refractivity contribution < 1.29 is 9.06 Å². The maximum absolute atomic E-state index is 2.45. The molecule has 2 heterocycles. The minimum atomic E-state index is 0.761. The molecule has 1 fully saturated rings. The molecule has 2 aliphatic rings. The van der Waals surface area contributed by atoms with Crippen LogP contribution in [0, 0.1) is 5.92 Å². The second kappa shape index (κ2) is 4.70. The summed E-state index contributed by atoms with van der Waals surface area (Å²) in [4.78, 5) is 0. The van der Waals surface area contributed by atoms with Crippen LogP contribution < -0.4 is 0 Å². The first kappa shape index (κ1) is 11.8. The van der Waals surface area contributed by atoms with Gasteiger partial charge in [-0.15, -0.1) is 0 Å². The van der Waals surface area contributed by atoms with E-state index >= 15 is 0 Å². The summed E-state index contributed by atoms with van der Waals surface area (Å²) in [6.45, 7) is 9.62. The topological polar surface area (TPSA) is 3.01 Å². The largest absolute Gasteiger partial charge is 0.323 e. The van der Waals surface area contributed by atoms with Crippen molar-refractivity contribution in [3.8, 4) is 0 Å². The Morgan fingerprint density at radius 2 is 2.19 bits per heavy atom. The van der Waals surface area contributed by atoms with Gasteiger partial charge in [-0.3, -0.25) is 0 Å². The van der Waals surface area contributed by atoms with Crippen molar-refractivity contribution in [2.24, 2.45) is 5.92 Å². The van der Waals surface area contributed by atoms with Gasteiger partial charge in [0.05, 0.1) is 26.1 Å². The summed E-state index contributed by atoms with van der Waals surface area (Å²) in [5.74, 6) is 0.761. The number of quaternary nitrogens is 1. The molecule has 16 heavy (non-hydrogen) atoms. The third-order valence-corrected chi connectivity index (χ3v) is 4.69.